The number of nitrogens with zero attached hydrogens (tertiary/aromatic N) is 1. The Morgan fingerprint density at radius 1 is 1.24 bits per heavy atom. The number of nitro groups is 1. The molecule has 0 radical (unpaired) electrons. The van der Waals surface area contributed by atoms with Crippen molar-refractivity contribution in [2.24, 2.45) is 0 Å². The Morgan fingerprint density at radius 3 is 2.67 bits per heavy atom. The zero-order chi connectivity index (χ0) is 15.4. The molecule has 21 heavy (non-hydrogen) atoms. The number of anilines is 2. The predicted octanol–water partition coefficient (Wildman–Crippen LogP) is 4.82. The van der Waals surface area contributed by atoms with Gasteiger partial charge in [0.15, 0.2) is 5.11 Å². The molecule has 5 nitrogen and oxygen atoms in total. The lowest BCUT2D eigenvalue weighted by molar-refractivity contribution is -0.384. The third-order valence-corrected chi connectivity index (χ3v) is 3.50. The maximum Gasteiger partial charge on any atom is 0.271 e. The van der Waals surface area contributed by atoms with Gasteiger partial charge in [-0.2, -0.15) is 0 Å². The fourth-order valence-corrected chi connectivity index (χ4v) is 2.52. The van der Waals surface area contributed by atoms with Gasteiger partial charge in [0.25, 0.3) is 5.69 Å². The van der Waals surface area contributed by atoms with Crippen molar-refractivity contribution in [1.29, 1.82) is 0 Å². The monoisotopic (exact) mass is 385 g/mol. The van der Waals surface area contributed by atoms with Crippen LogP contribution in [-0.2, 0) is 0 Å². The molecule has 0 saturated heterocycles. The fourth-order valence-electron chi connectivity index (χ4n) is 1.57. The van der Waals surface area contributed by atoms with Gasteiger partial charge in [0, 0.05) is 22.3 Å². The number of rotatable bonds is 3. The van der Waals surface area contributed by atoms with Crippen LogP contribution in [0.3, 0.4) is 0 Å². The number of hydrogen-bond donors (Lipinski definition) is 2. The highest BCUT2D eigenvalue weighted by Gasteiger charge is 2.07. The Balaban J connectivity index is 2.08. The van der Waals surface area contributed by atoms with E-state index >= 15 is 0 Å². The molecule has 8 heteroatoms. The van der Waals surface area contributed by atoms with Crippen LogP contribution in [0.2, 0.25) is 5.02 Å². The first kappa shape index (κ1) is 15.7. The lowest BCUT2D eigenvalue weighted by Crippen LogP contribution is -2.19. The fraction of sp³-hybridized carbons (Fsp3) is 0. The third-order valence-electron chi connectivity index (χ3n) is 2.49. The van der Waals surface area contributed by atoms with Gasteiger partial charge in [-0.25, -0.2) is 0 Å². The number of halogens is 2. The van der Waals surface area contributed by atoms with E-state index in [1.807, 2.05) is 6.07 Å². The molecule has 108 valence electrons. The summed E-state index contributed by atoms with van der Waals surface area (Å²) in [5.41, 5.74) is 1.15. The summed E-state index contributed by atoms with van der Waals surface area (Å²) in [5, 5.41) is 17.3. The van der Waals surface area contributed by atoms with Crippen molar-refractivity contribution in [3.05, 3.63) is 62.1 Å². The smallest absolute Gasteiger partial charge is 0.271 e. The predicted molar refractivity (Wildman–Crippen MR) is 92.1 cm³/mol. The molecule has 0 aliphatic carbocycles. The van der Waals surface area contributed by atoms with Crippen molar-refractivity contribution >= 4 is 61.9 Å². The molecule has 2 N–H and O–H groups in total. The summed E-state index contributed by atoms with van der Waals surface area (Å²) in [5.74, 6) is 0. The summed E-state index contributed by atoms with van der Waals surface area (Å²) >= 11 is 14.5. The van der Waals surface area contributed by atoms with E-state index in [1.54, 1.807) is 24.3 Å². The summed E-state index contributed by atoms with van der Waals surface area (Å²) in [6.45, 7) is 0. The van der Waals surface area contributed by atoms with Crippen molar-refractivity contribution < 1.29 is 4.92 Å². The van der Waals surface area contributed by atoms with Crippen LogP contribution >= 0.6 is 39.7 Å². The first-order valence-corrected chi connectivity index (χ1v) is 7.31. The van der Waals surface area contributed by atoms with E-state index in [0.29, 0.717) is 21.5 Å². The minimum atomic E-state index is -0.465. The summed E-state index contributed by atoms with van der Waals surface area (Å²) < 4.78 is 0.857. The first-order valence-electron chi connectivity index (χ1n) is 5.73. The van der Waals surface area contributed by atoms with Crippen molar-refractivity contribution in [3.63, 3.8) is 0 Å². The van der Waals surface area contributed by atoms with Gasteiger partial charge in [-0.3, -0.25) is 10.1 Å². The molecule has 0 saturated carbocycles. The average molecular weight is 387 g/mol. The Kier molecular flexibility index (Phi) is 5.11. The molecular weight excluding hydrogens is 378 g/mol. The maximum absolute atomic E-state index is 10.7. The summed E-state index contributed by atoms with van der Waals surface area (Å²) in [4.78, 5) is 10.2. The highest BCUT2D eigenvalue weighted by molar-refractivity contribution is 9.10. The number of non-ortho nitro benzene ring substituents is 1. The molecular formula is C13H9BrClN3O2S. The van der Waals surface area contributed by atoms with E-state index in [0.717, 1.165) is 4.47 Å². The standard InChI is InChI=1S/C13H9BrClN3O2S/c14-8-4-5-12(11(15)6-8)17-13(21)16-9-2-1-3-10(7-9)18(19)20/h1-7H,(H2,16,17,21). The topological polar surface area (TPSA) is 67.2 Å². The van der Waals surface area contributed by atoms with Gasteiger partial charge in [0.05, 0.1) is 15.6 Å². The van der Waals surface area contributed by atoms with Gasteiger partial charge >= 0.3 is 0 Å². The molecule has 0 amide bonds. The van der Waals surface area contributed by atoms with E-state index in [9.17, 15) is 10.1 Å². The zero-order valence-electron chi connectivity index (χ0n) is 10.5. The second-order valence-electron chi connectivity index (χ2n) is 4.01. The molecule has 0 heterocycles. The molecule has 0 aliphatic heterocycles. The lowest BCUT2D eigenvalue weighted by atomic mass is 10.3. The Labute approximate surface area is 139 Å². The SMILES string of the molecule is O=[N+]([O-])c1cccc(NC(=S)Nc2ccc(Br)cc2Cl)c1. The Hall–Kier alpha value is -1.70. The number of nitro benzene ring substituents is 1. The van der Waals surface area contributed by atoms with Crippen LogP contribution in [0.15, 0.2) is 46.9 Å². The second-order valence-corrected chi connectivity index (χ2v) is 5.74. The molecule has 0 unspecified atom stereocenters. The largest absolute Gasteiger partial charge is 0.332 e. The molecule has 2 aromatic rings. The number of benzene rings is 2. The lowest BCUT2D eigenvalue weighted by Gasteiger charge is -2.11. The van der Waals surface area contributed by atoms with Crippen LogP contribution in [0, 0.1) is 10.1 Å². The van der Waals surface area contributed by atoms with Crippen LogP contribution in [-0.4, -0.2) is 10.0 Å². The zero-order valence-corrected chi connectivity index (χ0v) is 13.6. The van der Waals surface area contributed by atoms with E-state index < -0.39 is 4.92 Å². The van der Waals surface area contributed by atoms with Crippen LogP contribution in [0.1, 0.15) is 0 Å². The van der Waals surface area contributed by atoms with E-state index in [2.05, 4.69) is 26.6 Å². The molecule has 0 aromatic heterocycles. The Morgan fingerprint density at radius 2 is 2.00 bits per heavy atom. The molecule has 2 aromatic carbocycles. The van der Waals surface area contributed by atoms with Gasteiger partial charge in [-0.05, 0) is 36.5 Å². The molecule has 0 aliphatic rings. The van der Waals surface area contributed by atoms with E-state index in [-0.39, 0.29) is 5.69 Å². The average Bonchev–Trinajstić information content (AvgIpc) is 2.42. The third kappa shape index (κ3) is 4.38. The minimum Gasteiger partial charge on any atom is -0.332 e. The van der Waals surface area contributed by atoms with Gasteiger partial charge in [-0.1, -0.05) is 33.6 Å². The van der Waals surface area contributed by atoms with Crippen LogP contribution in [0.25, 0.3) is 0 Å². The molecule has 0 atom stereocenters. The van der Waals surface area contributed by atoms with Gasteiger partial charge in [-0.15, -0.1) is 0 Å². The van der Waals surface area contributed by atoms with Gasteiger partial charge < -0.3 is 10.6 Å². The normalized spacial score (nSPS) is 10.0. The first-order chi connectivity index (χ1) is 9.95. The Bertz CT molecular complexity index is 712. The van der Waals surface area contributed by atoms with Crippen molar-refractivity contribution in [3.8, 4) is 0 Å². The second kappa shape index (κ2) is 6.84. The van der Waals surface area contributed by atoms with Crippen molar-refractivity contribution in [1.82, 2.24) is 0 Å². The van der Waals surface area contributed by atoms with Crippen LogP contribution in [0.4, 0.5) is 17.1 Å². The van der Waals surface area contributed by atoms with Crippen molar-refractivity contribution in [2.75, 3.05) is 10.6 Å². The van der Waals surface area contributed by atoms with Crippen LogP contribution < -0.4 is 10.6 Å². The van der Waals surface area contributed by atoms with Crippen molar-refractivity contribution in [2.45, 2.75) is 0 Å². The minimum absolute atomic E-state index is 0.00975. The summed E-state index contributed by atoms with van der Waals surface area (Å²) in [6.07, 6.45) is 0. The quantitative estimate of drug-likeness (QED) is 0.450. The van der Waals surface area contributed by atoms with Crippen LogP contribution in [0.5, 0.6) is 0 Å². The molecule has 0 fully saturated rings. The number of hydrogen-bond acceptors (Lipinski definition) is 3. The molecule has 2 rings (SSSR count). The maximum atomic E-state index is 10.7. The highest BCUT2D eigenvalue weighted by atomic mass is 79.9. The number of thiocarbonyl (C=S) groups is 1. The summed E-state index contributed by atoms with van der Waals surface area (Å²) in [6, 6.07) is 11.4. The highest BCUT2D eigenvalue weighted by Crippen LogP contribution is 2.26. The number of nitrogens with one attached hydrogen (secondary N) is 2. The van der Waals surface area contributed by atoms with Gasteiger partial charge in [0.2, 0.25) is 0 Å². The van der Waals surface area contributed by atoms with E-state index in [4.69, 9.17) is 23.8 Å². The van der Waals surface area contributed by atoms with E-state index in [1.165, 1.54) is 12.1 Å². The van der Waals surface area contributed by atoms with Gasteiger partial charge in [0.1, 0.15) is 0 Å². The summed E-state index contributed by atoms with van der Waals surface area (Å²) in [7, 11) is 0. The molecule has 0 bridgehead atoms. The molecule has 0 spiro atoms.